The van der Waals surface area contributed by atoms with Gasteiger partial charge in [0.15, 0.2) is 0 Å². The number of nitrogens with one attached hydrogen (secondary N) is 3. The van der Waals surface area contributed by atoms with Gasteiger partial charge < -0.3 is 15.6 Å². The zero-order valence-electron chi connectivity index (χ0n) is 14.3. The molecule has 4 nitrogen and oxygen atoms in total. The van der Waals surface area contributed by atoms with Gasteiger partial charge in [-0.25, -0.2) is 4.79 Å². The molecule has 0 unspecified atom stereocenters. The molecule has 0 aliphatic heterocycles. The lowest BCUT2D eigenvalue weighted by Gasteiger charge is -2.08. The monoisotopic (exact) mass is 363 g/mol. The van der Waals surface area contributed by atoms with Crippen molar-refractivity contribution < 1.29 is 4.79 Å². The van der Waals surface area contributed by atoms with Crippen molar-refractivity contribution in [3.05, 3.63) is 71.2 Å². The van der Waals surface area contributed by atoms with Crippen LogP contribution in [0.25, 0.3) is 21.8 Å². The smallest absolute Gasteiger partial charge is 0.323 e. The fourth-order valence-corrected chi connectivity index (χ4v) is 3.31. The third kappa shape index (κ3) is 3.11. The number of rotatable bonds is 3. The summed E-state index contributed by atoms with van der Waals surface area (Å²) in [5.41, 5.74) is 4.87. The Labute approximate surface area is 156 Å². The second-order valence-electron chi connectivity index (χ2n) is 6.16. The molecular weight excluding hydrogens is 346 g/mol. The molecule has 130 valence electrons. The largest absolute Gasteiger partial charge is 0.354 e. The third-order valence-corrected chi connectivity index (χ3v) is 4.71. The number of urea groups is 1. The van der Waals surface area contributed by atoms with E-state index in [0.717, 1.165) is 28.5 Å². The molecule has 0 bridgehead atoms. The molecule has 3 aromatic carbocycles. The van der Waals surface area contributed by atoms with Crippen LogP contribution in [0.15, 0.2) is 60.7 Å². The van der Waals surface area contributed by atoms with E-state index in [1.807, 2.05) is 18.2 Å². The summed E-state index contributed by atoms with van der Waals surface area (Å²) in [7, 11) is 0. The van der Waals surface area contributed by atoms with Crippen LogP contribution in [0.3, 0.4) is 0 Å². The van der Waals surface area contributed by atoms with E-state index in [4.69, 9.17) is 11.6 Å². The molecule has 4 aromatic rings. The first-order valence-electron chi connectivity index (χ1n) is 8.51. The van der Waals surface area contributed by atoms with Crippen LogP contribution >= 0.6 is 11.6 Å². The van der Waals surface area contributed by atoms with Gasteiger partial charge in [-0.05, 0) is 48.4 Å². The summed E-state index contributed by atoms with van der Waals surface area (Å²) >= 11 is 5.86. The minimum Gasteiger partial charge on any atom is -0.354 e. The van der Waals surface area contributed by atoms with Crippen LogP contribution in [-0.2, 0) is 6.42 Å². The molecule has 5 heteroatoms. The van der Waals surface area contributed by atoms with Gasteiger partial charge in [0.1, 0.15) is 0 Å². The zero-order chi connectivity index (χ0) is 18.1. The Morgan fingerprint density at radius 1 is 0.962 bits per heavy atom. The average Bonchev–Trinajstić information content (AvgIpc) is 3.01. The van der Waals surface area contributed by atoms with E-state index < -0.39 is 0 Å². The first-order chi connectivity index (χ1) is 12.6. The number of aromatic nitrogens is 1. The summed E-state index contributed by atoms with van der Waals surface area (Å²) in [5.74, 6) is 0. The number of aryl methyl sites for hydroxylation is 1. The molecule has 0 radical (unpaired) electrons. The van der Waals surface area contributed by atoms with Crippen molar-refractivity contribution in [3.63, 3.8) is 0 Å². The highest BCUT2D eigenvalue weighted by molar-refractivity contribution is 6.30. The summed E-state index contributed by atoms with van der Waals surface area (Å²) < 4.78 is 0. The average molecular weight is 364 g/mol. The quantitative estimate of drug-likeness (QED) is 0.400. The Balaban J connectivity index is 1.60. The highest BCUT2D eigenvalue weighted by Gasteiger charge is 2.09. The maximum Gasteiger partial charge on any atom is 0.323 e. The van der Waals surface area contributed by atoms with Crippen LogP contribution in [0, 0.1) is 0 Å². The molecule has 26 heavy (non-hydrogen) atoms. The van der Waals surface area contributed by atoms with Gasteiger partial charge in [0.05, 0.1) is 0 Å². The van der Waals surface area contributed by atoms with Crippen LogP contribution in [-0.4, -0.2) is 11.0 Å². The van der Waals surface area contributed by atoms with E-state index in [1.165, 1.54) is 10.9 Å². The molecule has 0 aliphatic rings. The summed E-state index contributed by atoms with van der Waals surface area (Å²) in [5, 5.41) is 8.65. The summed E-state index contributed by atoms with van der Waals surface area (Å²) in [6.07, 6.45) is 0.971. The minimum absolute atomic E-state index is 0.294. The molecule has 3 N–H and O–H groups in total. The molecule has 4 rings (SSSR count). The van der Waals surface area contributed by atoms with Crippen LogP contribution in [0.5, 0.6) is 0 Å². The number of H-pyrrole nitrogens is 1. The topological polar surface area (TPSA) is 56.9 Å². The number of para-hydroxylation sites is 1. The highest BCUT2D eigenvalue weighted by atomic mass is 35.5. The normalized spacial score (nSPS) is 11.0. The second-order valence-corrected chi connectivity index (χ2v) is 6.60. The first-order valence-corrected chi connectivity index (χ1v) is 8.89. The lowest BCUT2D eigenvalue weighted by molar-refractivity contribution is 0.262. The van der Waals surface area contributed by atoms with E-state index in [-0.39, 0.29) is 6.03 Å². The maximum absolute atomic E-state index is 12.2. The number of hydrogen-bond acceptors (Lipinski definition) is 1. The molecule has 0 spiro atoms. The van der Waals surface area contributed by atoms with Gasteiger partial charge in [-0.1, -0.05) is 42.8 Å². The van der Waals surface area contributed by atoms with Crippen molar-refractivity contribution in [1.29, 1.82) is 0 Å². The number of carbonyl (C=O) groups excluding carboxylic acids is 1. The molecular formula is C21H18ClN3O. The van der Waals surface area contributed by atoms with E-state index in [1.54, 1.807) is 24.3 Å². The van der Waals surface area contributed by atoms with Crippen LogP contribution in [0.4, 0.5) is 16.2 Å². The summed E-state index contributed by atoms with van der Waals surface area (Å²) in [6.45, 7) is 2.15. The van der Waals surface area contributed by atoms with Gasteiger partial charge in [0, 0.05) is 38.2 Å². The van der Waals surface area contributed by atoms with E-state index in [9.17, 15) is 4.79 Å². The summed E-state index contributed by atoms with van der Waals surface area (Å²) in [4.78, 5) is 15.7. The van der Waals surface area contributed by atoms with E-state index in [0.29, 0.717) is 10.7 Å². The van der Waals surface area contributed by atoms with E-state index >= 15 is 0 Å². The second kappa shape index (κ2) is 6.73. The molecule has 1 aromatic heterocycles. The standard InChI is InChI=1S/C21H18ClN3O/c1-2-13-4-3-5-18-17-11-10-16(12-19(17)25-20(13)18)24-21(26)23-15-8-6-14(22)7-9-15/h3-12,25H,2H2,1H3,(H2,23,24,26). The number of anilines is 2. The lowest BCUT2D eigenvalue weighted by atomic mass is 10.1. The maximum atomic E-state index is 12.2. The molecule has 0 saturated carbocycles. The van der Waals surface area contributed by atoms with Crippen LogP contribution in [0.2, 0.25) is 5.02 Å². The molecule has 0 fully saturated rings. The van der Waals surface area contributed by atoms with Crippen molar-refractivity contribution in [2.45, 2.75) is 13.3 Å². The van der Waals surface area contributed by atoms with Gasteiger partial charge in [-0.3, -0.25) is 0 Å². The number of benzene rings is 3. The van der Waals surface area contributed by atoms with Gasteiger partial charge >= 0.3 is 6.03 Å². The number of amides is 2. The molecule has 0 saturated heterocycles. The third-order valence-electron chi connectivity index (χ3n) is 4.46. The fourth-order valence-electron chi connectivity index (χ4n) is 3.19. The Kier molecular flexibility index (Phi) is 4.27. The number of hydrogen-bond donors (Lipinski definition) is 3. The van der Waals surface area contributed by atoms with Gasteiger partial charge in [-0.15, -0.1) is 0 Å². The Morgan fingerprint density at radius 3 is 2.46 bits per heavy atom. The zero-order valence-corrected chi connectivity index (χ0v) is 15.0. The van der Waals surface area contributed by atoms with Crippen molar-refractivity contribution in [3.8, 4) is 0 Å². The number of carbonyl (C=O) groups is 1. The van der Waals surface area contributed by atoms with Crippen molar-refractivity contribution in [1.82, 2.24) is 4.98 Å². The van der Waals surface area contributed by atoms with Gasteiger partial charge in [-0.2, -0.15) is 0 Å². The van der Waals surface area contributed by atoms with Gasteiger partial charge in [0.2, 0.25) is 0 Å². The van der Waals surface area contributed by atoms with Gasteiger partial charge in [0.25, 0.3) is 0 Å². The number of halogens is 1. The van der Waals surface area contributed by atoms with Crippen LogP contribution < -0.4 is 10.6 Å². The minimum atomic E-state index is -0.294. The van der Waals surface area contributed by atoms with E-state index in [2.05, 4.69) is 40.7 Å². The summed E-state index contributed by atoms with van der Waals surface area (Å²) in [6, 6.07) is 18.9. The van der Waals surface area contributed by atoms with Crippen LogP contribution in [0.1, 0.15) is 12.5 Å². The lowest BCUT2D eigenvalue weighted by Crippen LogP contribution is -2.19. The molecule has 1 heterocycles. The number of aromatic amines is 1. The Hall–Kier alpha value is -2.98. The predicted octanol–water partition coefficient (Wildman–Crippen LogP) is 6.18. The fraction of sp³-hybridized carbons (Fsp3) is 0.0952. The number of fused-ring (bicyclic) bond motifs is 3. The predicted molar refractivity (Wildman–Crippen MR) is 109 cm³/mol. The molecule has 0 aliphatic carbocycles. The SMILES string of the molecule is CCc1cccc2c1[nH]c1cc(NC(=O)Nc3ccc(Cl)cc3)ccc12. The Bertz CT molecular complexity index is 1100. The highest BCUT2D eigenvalue weighted by Crippen LogP contribution is 2.29. The first kappa shape index (κ1) is 16.5. The van der Waals surface area contributed by atoms with Crippen molar-refractivity contribution in [2.75, 3.05) is 10.6 Å². The molecule has 0 atom stereocenters. The van der Waals surface area contributed by atoms with Crippen molar-refractivity contribution in [2.24, 2.45) is 0 Å². The molecule has 2 amide bonds. The Morgan fingerprint density at radius 2 is 1.69 bits per heavy atom. The van der Waals surface area contributed by atoms with Crippen molar-refractivity contribution >= 4 is 50.8 Å².